The van der Waals surface area contributed by atoms with Crippen molar-refractivity contribution in [1.29, 1.82) is 0 Å². The lowest BCUT2D eigenvalue weighted by atomic mass is 9.95. The van der Waals surface area contributed by atoms with Crippen molar-refractivity contribution in [2.75, 3.05) is 32.8 Å². The molecule has 4 heteroatoms. The third kappa shape index (κ3) is 4.19. The van der Waals surface area contributed by atoms with Gasteiger partial charge in [-0.2, -0.15) is 0 Å². The summed E-state index contributed by atoms with van der Waals surface area (Å²) >= 11 is 0. The number of hydrogen-bond donors (Lipinski definition) is 1. The summed E-state index contributed by atoms with van der Waals surface area (Å²) in [6.45, 7) is 10.8. The minimum Gasteiger partial charge on any atom is -0.465 e. The fourth-order valence-corrected chi connectivity index (χ4v) is 4.11. The van der Waals surface area contributed by atoms with Crippen LogP contribution in [-0.2, 0) is 9.53 Å². The quantitative estimate of drug-likeness (QED) is 0.699. The van der Waals surface area contributed by atoms with Crippen LogP contribution in [0.2, 0.25) is 0 Å². The predicted molar refractivity (Wildman–Crippen MR) is 85.2 cm³/mol. The number of carbonyl (C=O) groups excluding carboxylic acids is 1. The summed E-state index contributed by atoms with van der Waals surface area (Å²) in [5, 5.41) is 3.32. The first kappa shape index (κ1) is 16.8. The molecular weight excluding hydrogens is 264 g/mol. The highest BCUT2D eigenvalue weighted by Gasteiger charge is 2.37. The summed E-state index contributed by atoms with van der Waals surface area (Å²) in [4.78, 5) is 14.7. The fourth-order valence-electron chi connectivity index (χ4n) is 4.11. The Labute approximate surface area is 129 Å². The van der Waals surface area contributed by atoms with Crippen LogP contribution in [0.4, 0.5) is 0 Å². The van der Waals surface area contributed by atoms with Gasteiger partial charge in [-0.15, -0.1) is 0 Å². The minimum atomic E-state index is -0.527. The topological polar surface area (TPSA) is 41.6 Å². The van der Waals surface area contributed by atoms with Crippen LogP contribution in [-0.4, -0.2) is 49.2 Å². The number of fused-ring (bicyclic) bond motifs is 1. The first-order valence-electron chi connectivity index (χ1n) is 8.73. The van der Waals surface area contributed by atoms with Gasteiger partial charge in [0.05, 0.1) is 6.61 Å². The number of esters is 1. The number of nitrogens with zero attached hydrogens (tertiary/aromatic N) is 1. The normalized spacial score (nSPS) is 28.3. The molecule has 3 unspecified atom stereocenters. The molecule has 1 aliphatic carbocycles. The Bertz CT molecular complexity index is 336. The van der Waals surface area contributed by atoms with Crippen LogP contribution in [0, 0.1) is 11.8 Å². The van der Waals surface area contributed by atoms with E-state index in [1.165, 1.54) is 32.4 Å². The van der Waals surface area contributed by atoms with Gasteiger partial charge in [0, 0.05) is 13.1 Å². The zero-order chi connectivity index (χ0) is 15.3. The second-order valence-corrected chi connectivity index (χ2v) is 6.90. The van der Waals surface area contributed by atoms with E-state index in [1.807, 2.05) is 20.8 Å². The molecule has 0 radical (unpaired) electrons. The smallest absolute Gasteiger partial charge is 0.326 e. The Morgan fingerprint density at radius 3 is 2.52 bits per heavy atom. The van der Waals surface area contributed by atoms with Crippen molar-refractivity contribution in [1.82, 2.24) is 10.2 Å². The summed E-state index contributed by atoms with van der Waals surface area (Å²) in [5.74, 6) is 1.80. The van der Waals surface area contributed by atoms with E-state index in [-0.39, 0.29) is 5.97 Å². The molecule has 0 spiro atoms. The molecule has 1 aliphatic heterocycles. The maximum atomic E-state index is 12.1. The van der Waals surface area contributed by atoms with E-state index in [0.717, 1.165) is 37.8 Å². The molecule has 1 saturated heterocycles. The minimum absolute atomic E-state index is 0.106. The van der Waals surface area contributed by atoms with Crippen LogP contribution in [0.1, 0.15) is 52.9 Å². The number of carbonyl (C=O) groups is 1. The molecule has 3 atom stereocenters. The predicted octanol–water partition coefficient (Wildman–Crippen LogP) is 2.43. The van der Waals surface area contributed by atoms with Gasteiger partial charge in [-0.25, -0.2) is 0 Å². The van der Waals surface area contributed by atoms with Gasteiger partial charge < -0.3 is 15.0 Å². The number of likely N-dealkylation sites (tertiary alicyclic amines) is 1. The number of hydrogen-bond acceptors (Lipinski definition) is 4. The highest BCUT2D eigenvalue weighted by atomic mass is 16.5. The molecule has 0 bridgehead atoms. The Hall–Kier alpha value is -0.610. The molecule has 2 fully saturated rings. The number of ether oxygens (including phenoxy) is 1. The molecule has 0 amide bonds. The molecule has 21 heavy (non-hydrogen) atoms. The standard InChI is InChI=1S/C17H32N2O2/c1-4-18-17(3,16(20)21-5-2)10-7-11-19-12-14-8-6-9-15(14)13-19/h14-15,18H,4-13H2,1-3H3. The Balaban J connectivity index is 1.75. The van der Waals surface area contributed by atoms with E-state index in [9.17, 15) is 4.79 Å². The molecule has 0 aromatic rings. The van der Waals surface area contributed by atoms with Crippen LogP contribution in [0.3, 0.4) is 0 Å². The molecule has 0 aromatic heterocycles. The highest BCUT2D eigenvalue weighted by molar-refractivity contribution is 5.80. The van der Waals surface area contributed by atoms with Gasteiger partial charge in [0.25, 0.3) is 0 Å². The first-order valence-corrected chi connectivity index (χ1v) is 8.73. The van der Waals surface area contributed by atoms with E-state index in [2.05, 4.69) is 10.2 Å². The van der Waals surface area contributed by atoms with Crippen molar-refractivity contribution >= 4 is 5.97 Å². The van der Waals surface area contributed by atoms with Gasteiger partial charge in [-0.1, -0.05) is 13.3 Å². The van der Waals surface area contributed by atoms with Crippen LogP contribution < -0.4 is 5.32 Å². The maximum absolute atomic E-state index is 12.1. The molecule has 0 aromatic carbocycles. The second kappa shape index (κ2) is 7.59. The summed E-state index contributed by atoms with van der Waals surface area (Å²) in [5.41, 5.74) is -0.527. The molecule has 1 saturated carbocycles. The van der Waals surface area contributed by atoms with Crippen molar-refractivity contribution in [3.05, 3.63) is 0 Å². The monoisotopic (exact) mass is 296 g/mol. The SMILES string of the molecule is CCNC(C)(CCCN1CC2CCCC2C1)C(=O)OCC. The van der Waals surface area contributed by atoms with Gasteiger partial charge in [0.1, 0.15) is 5.54 Å². The third-order valence-corrected chi connectivity index (χ3v) is 5.25. The van der Waals surface area contributed by atoms with Gasteiger partial charge >= 0.3 is 5.97 Å². The molecule has 2 aliphatic rings. The highest BCUT2D eigenvalue weighted by Crippen LogP contribution is 2.37. The second-order valence-electron chi connectivity index (χ2n) is 6.90. The van der Waals surface area contributed by atoms with E-state index in [4.69, 9.17) is 4.74 Å². The largest absolute Gasteiger partial charge is 0.465 e. The molecule has 2 rings (SSSR count). The molecule has 4 nitrogen and oxygen atoms in total. The first-order chi connectivity index (χ1) is 10.1. The van der Waals surface area contributed by atoms with Gasteiger partial charge in [0.15, 0.2) is 0 Å². The fraction of sp³-hybridized carbons (Fsp3) is 0.941. The van der Waals surface area contributed by atoms with Crippen LogP contribution >= 0.6 is 0 Å². The molecular formula is C17H32N2O2. The van der Waals surface area contributed by atoms with Gasteiger partial charge in [0.2, 0.25) is 0 Å². The lowest BCUT2D eigenvalue weighted by Crippen LogP contribution is -2.50. The molecule has 122 valence electrons. The van der Waals surface area contributed by atoms with Crippen molar-refractivity contribution in [3.8, 4) is 0 Å². The third-order valence-electron chi connectivity index (χ3n) is 5.25. The summed E-state index contributed by atoms with van der Waals surface area (Å²) in [6.07, 6.45) is 6.20. The van der Waals surface area contributed by atoms with Crippen molar-refractivity contribution in [2.24, 2.45) is 11.8 Å². The van der Waals surface area contributed by atoms with Crippen LogP contribution in [0.5, 0.6) is 0 Å². The van der Waals surface area contributed by atoms with Crippen LogP contribution in [0.25, 0.3) is 0 Å². The van der Waals surface area contributed by atoms with E-state index < -0.39 is 5.54 Å². The molecule has 1 N–H and O–H groups in total. The average molecular weight is 296 g/mol. The number of nitrogens with one attached hydrogen (secondary N) is 1. The average Bonchev–Trinajstić information content (AvgIpc) is 3.00. The zero-order valence-corrected chi connectivity index (χ0v) is 14.0. The summed E-state index contributed by atoms with van der Waals surface area (Å²) < 4.78 is 5.23. The number of likely N-dealkylation sites (N-methyl/N-ethyl adjacent to an activating group) is 1. The van der Waals surface area contributed by atoms with Crippen molar-refractivity contribution in [2.45, 2.75) is 58.4 Å². The lowest BCUT2D eigenvalue weighted by molar-refractivity contribution is -0.150. The van der Waals surface area contributed by atoms with Gasteiger partial charge in [-0.05, 0) is 64.5 Å². The van der Waals surface area contributed by atoms with E-state index in [0.29, 0.717) is 6.61 Å². The van der Waals surface area contributed by atoms with Crippen molar-refractivity contribution < 1.29 is 9.53 Å². The van der Waals surface area contributed by atoms with E-state index >= 15 is 0 Å². The van der Waals surface area contributed by atoms with Gasteiger partial charge in [-0.3, -0.25) is 4.79 Å². The maximum Gasteiger partial charge on any atom is 0.326 e. The lowest BCUT2D eigenvalue weighted by Gasteiger charge is -2.29. The Kier molecular flexibility index (Phi) is 6.06. The molecule has 1 heterocycles. The Morgan fingerprint density at radius 2 is 1.95 bits per heavy atom. The Morgan fingerprint density at radius 1 is 1.29 bits per heavy atom. The van der Waals surface area contributed by atoms with Crippen molar-refractivity contribution in [3.63, 3.8) is 0 Å². The zero-order valence-electron chi connectivity index (χ0n) is 14.0. The summed E-state index contributed by atoms with van der Waals surface area (Å²) in [7, 11) is 0. The van der Waals surface area contributed by atoms with E-state index in [1.54, 1.807) is 0 Å². The van der Waals surface area contributed by atoms with Crippen LogP contribution in [0.15, 0.2) is 0 Å². The summed E-state index contributed by atoms with van der Waals surface area (Å²) in [6, 6.07) is 0. The number of rotatable bonds is 8.